The van der Waals surface area contributed by atoms with Gasteiger partial charge >= 0.3 is 6.09 Å². The van der Waals surface area contributed by atoms with Gasteiger partial charge in [-0.2, -0.15) is 0 Å². The molecule has 1 atom stereocenters. The number of carbonyl (C=O) groups is 1. The van der Waals surface area contributed by atoms with E-state index in [0.29, 0.717) is 12.5 Å². The molecule has 3 rings (SSSR count). The monoisotopic (exact) mass is 243 g/mol. The maximum Gasteiger partial charge on any atom is 0.408 e. The Bertz CT molecular complexity index is 505. The van der Waals surface area contributed by atoms with Crippen molar-refractivity contribution in [2.24, 2.45) is 0 Å². The maximum atomic E-state index is 11.3. The minimum Gasteiger partial charge on any atom is -0.465 e. The van der Waals surface area contributed by atoms with Crippen LogP contribution in [0.4, 0.5) is 4.79 Å². The van der Waals surface area contributed by atoms with Crippen molar-refractivity contribution in [2.75, 3.05) is 6.54 Å². The van der Waals surface area contributed by atoms with Gasteiger partial charge in [0.15, 0.2) is 0 Å². The first-order chi connectivity index (χ1) is 8.66. The van der Waals surface area contributed by atoms with Crippen LogP contribution in [0.1, 0.15) is 42.3 Å². The van der Waals surface area contributed by atoms with Crippen molar-refractivity contribution in [2.45, 2.75) is 31.2 Å². The van der Waals surface area contributed by atoms with E-state index in [1.165, 1.54) is 28.9 Å². The van der Waals surface area contributed by atoms with Crippen molar-refractivity contribution >= 4 is 6.09 Å². The van der Waals surface area contributed by atoms with E-state index in [1.54, 1.807) is 0 Å². The SMILES string of the molecule is C=C1CC(c2ccccc2C2CC2)N(C(=O)O)C1. The van der Waals surface area contributed by atoms with E-state index < -0.39 is 6.09 Å². The first-order valence-electron chi connectivity index (χ1n) is 6.42. The van der Waals surface area contributed by atoms with Crippen molar-refractivity contribution in [1.82, 2.24) is 4.90 Å². The maximum absolute atomic E-state index is 11.3. The van der Waals surface area contributed by atoms with Crippen molar-refractivity contribution in [1.29, 1.82) is 0 Å². The molecule has 94 valence electrons. The lowest BCUT2D eigenvalue weighted by atomic mass is 9.95. The fraction of sp³-hybridized carbons (Fsp3) is 0.400. The molecule has 1 N–H and O–H groups in total. The van der Waals surface area contributed by atoms with Crippen LogP contribution in [0.3, 0.4) is 0 Å². The second-order valence-corrected chi connectivity index (χ2v) is 5.28. The van der Waals surface area contributed by atoms with Crippen LogP contribution >= 0.6 is 0 Å². The van der Waals surface area contributed by atoms with Crippen LogP contribution in [0, 0.1) is 0 Å². The molecule has 0 spiro atoms. The Labute approximate surface area is 107 Å². The molecule has 0 bridgehead atoms. The third-order valence-corrected chi connectivity index (χ3v) is 3.87. The van der Waals surface area contributed by atoms with Gasteiger partial charge in [-0.05, 0) is 36.3 Å². The Morgan fingerprint density at radius 3 is 2.56 bits per heavy atom. The van der Waals surface area contributed by atoms with Gasteiger partial charge in [-0.15, -0.1) is 0 Å². The number of amides is 1. The van der Waals surface area contributed by atoms with Crippen LogP contribution in [-0.2, 0) is 0 Å². The molecule has 0 aromatic heterocycles. The fourth-order valence-corrected chi connectivity index (χ4v) is 2.86. The summed E-state index contributed by atoms with van der Waals surface area (Å²) in [5, 5.41) is 9.29. The van der Waals surface area contributed by atoms with Gasteiger partial charge in [-0.3, -0.25) is 4.90 Å². The molecule has 18 heavy (non-hydrogen) atoms. The van der Waals surface area contributed by atoms with E-state index >= 15 is 0 Å². The van der Waals surface area contributed by atoms with E-state index in [-0.39, 0.29) is 6.04 Å². The van der Waals surface area contributed by atoms with Crippen LogP contribution < -0.4 is 0 Å². The lowest BCUT2D eigenvalue weighted by Gasteiger charge is -2.23. The minimum absolute atomic E-state index is 0.0354. The molecule has 1 aromatic carbocycles. The van der Waals surface area contributed by atoms with Gasteiger partial charge in [0.2, 0.25) is 0 Å². The van der Waals surface area contributed by atoms with Crippen LogP contribution in [-0.4, -0.2) is 22.6 Å². The molecule has 1 saturated heterocycles. The Kier molecular flexibility index (Phi) is 2.62. The second kappa shape index (κ2) is 4.16. The largest absolute Gasteiger partial charge is 0.465 e. The number of nitrogens with zero attached hydrogens (tertiary/aromatic N) is 1. The van der Waals surface area contributed by atoms with E-state index in [0.717, 1.165) is 12.0 Å². The minimum atomic E-state index is -0.843. The van der Waals surface area contributed by atoms with Gasteiger partial charge in [0, 0.05) is 6.54 Å². The molecule has 1 aliphatic carbocycles. The summed E-state index contributed by atoms with van der Waals surface area (Å²) in [6, 6.07) is 8.24. The number of benzene rings is 1. The summed E-state index contributed by atoms with van der Waals surface area (Å²) >= 11 is 0. The van der Waals surface area contributed by atoms with Crippen LogP contribution in [0.5, 0.6) is 0 Å². The number of likely N-dealkylation sites (tertiary alicyclic amines) is 1. The van der Waals surface area contributed by atoms with Crippen molar-refractivity contribution in [3.63, 3.8) is 0 Å². The van der Waals surface area contributed by atoms with Crippen molar-refractivity contribution in [3.8, 4) is 0 Å². The number of carboxylic acid groups (broad SMARTS) is 1. The van der Waals surface area contributed by atoms with Crippen LogP contribution in [0.25, 0.3) is 0 Å². The standard InChI is InChI=1S/C15H17NO2/c1-10-8-14(16(9-10)15(17)18)13-5-3-2-4-12(13)11-6-7-11/h2-5,11,14H,1,6-9H2,(H,17,18). The normalized spacial score (nSPS) is 23.4. The molecule has 1 aliphatic heterocycles. The summed E-state index contributed by atoms with van der Waals surface area (Å²) < 4.78 is 0. The summed E-state index contributed by atoms with van der Waals surface area (Å²) in [6.07, 6.45) is 2.38. The van der Waals surface area contributed by atoms with Crippen molar-refractivity contribution < 1.29 is 9.90 Å². The highest BCUT2D eigenvalue weighted by Crippen LogP contribution is 2.46. The van der Waals surface area contributed by atoms with Gasteiger partial charge in [-0.25, -0.2) is 4.79 Å². The molecule has 1 aromatic rings. The first kappa shape index (κ1) is 11.3. The average molecular weight is 243 g/mol. The summed E-state index contributed by atoms with van der Waals surface area (Å²) in [7, 11) is 0. The highest BCUT2D eigenvalue weighted by molar-refractivity contribution is 5.67. The molecular weight excluding hydrogens is 226 g/mol. The number of rotatable bonds is 2. The predicted molar refractivity (Wildman–Crippen MR) is 69.6 cm³/mol. The molecule has 2 fully saturated rings. The third kappa shape index (κ3) is 1.90. The topological polar surface area (TPSA) is 40.5 Å². The quantitative estimate of drug-likeness (QED) is 0.807. The lowest BCUT2D eigenvalue weighted by Crippen LogP contribution is -2.29. The molecule has 1 saturated carbocycles. The van der Waals surface area contributed by atoms with Crippen molar-refractivity contribution in [3.05, 3.63) is 47.5 Å². The van der Waals surface area contributed by atoms with E-state index in [2.05, 4.69) is 18.7 Å². The summed E-state index contributed by atoms with van der Waals surface area (Å²) in [4.78, 5) is 12.8. The zero-order valence-corrected chi connectivity index (χ0v) is 10.3. The van der Waals surface area contributed by atoms with Gasteiger partial charge in [-0.1, -0.05) is 36.4 Å². The molecule has 1 amide bonds. The highest BCUT2D eigenvalue weighted by atomic mass is 16.4. The summed E-state index contributed by atoms with van der Waals surface area (Å²) in [5.74, 6) is 0.644. The van der Waals surface area contributed by atoms with Crippen LogP contribution in [0.2, 0.25) is 0 Å². The Hall–Kier alpha value is -1.77. The summed E-state index contributed by atoms with van der Waals surface area (Å²) in [5.41, 5.74) is 3.53. The molecule has 3 heteroatoms. The Balaban J connectivity index is 1.98. The second-order valence-electron chi connectivity index (χ2n) is 5.28. The molecule has 0 radical (unpaired) electrons. The highest BCUT2D eigenvalue weighted by Gasteiger charge is 2.35. The van der Waals surface area contributed by atoms with E-state index in [9.17, 15) is 9.90 Å². The molecule has 2 aliphatic rings. The zero-order valence-electron chi connectivity index (χ0n) is 10.3. The summed E-state index contributed by atoms with van der Waals surface area (Å²) in [6.45, 7) is 4.42. The predicted octanol–water partition coefficient (Wildman–Crippen LogP) is 3.55. The molecule has 3 nitrogen and oxygen atoms in total. The number of hydrogen-bond acceptors (Lipinski definition) is 1. The van der Waals surface area contributed by atoms with Gasteiger partial charge in [0.25, 0.3) is 0 Å². The first-order valence-corrected chi connectivity index (χ1v) is 6.42. The van der Waals surface area contributed by atoms with Gasteiger partial charge in [0.05, 0.1) is 6.04 Å². The van der Waals surface area contributed by atoms with Gasteiger partial charge < -0.3 is 5.11 Å². The third-order valence-electron chi connectivity index (χ3n) is 3.87. The zero-order chi connectivity index (χ0) is 12.7. The van der Waals surface area contributed by atoms with Gasteiger partial charge in [0.1, 0.15) is 0 Å². The van der Waals surface area contributed by atoms with Crippen LogP contribution in [0.15, 0.2) is 36.4 Å². The molecule has 1 heterocycles. The Morgan fingerprint density at radius 1 is 1.28 bits per heavy atom. The van der Waals surface area contributed by atoms with E-state index in [1.807, 2.05) is 12.1 Å². The van der Waals surface area contributed by atoms with E-state index in [4.69, 9.17) is 0 Å². The smallest absolute Gasteiger partial charge is 0.408 e. The lowest BCUT2D eigenvalue weighted by molar-refractivity contribution is 0.141. The molecular formula is C15H17NO2. The fourth-order valence-electron chi connectivity index (χ4n) is 2.86. The average Bonchev–Trinajstić information content (AvgIpc) is 3.12. The number of hydrogen-bond donors (Lipinski definition) is 1. The molecule has 1 unspecified atom stereocenters. The Morgan fingerprint density at radius 2 is 1.94 bits per heavy atom.